The molecule has 1 fully saturated rings. The maximum absolute atomic E-state index is 10.4. The standard InChI is InChI=1S/C11H18N2OS/c1-11(14,5-10-7-13-8-15-10)9-3-2-4-12-6-9/h7-9,12,14H,2-6H2,1H3. The number of aliphatic hydroxyl groups is 1. The first-order chi connectivity index (χ1) is 7.18. The van der Waals surface area contributed by atoms with E-state index in [9.17, 15) is 5.11 Å². The molecule has 0 spiro atoms. The smallest absolute Gasteiger partial charge is 0.0794 e. The number of hydrogen-bond donors (Lipinski definition) is 2. The lowest BCUT2D eigenvalue weighted by Crippen LogP contribution is -2.45. The molecule has 0 amide bonds. The van der Waals surface area contributed by atoms with Crippen molar-refractivity contribution in [2.24, 2.45) is 5.92 Å². The molecule has 0 aliphatic carbocycles. The molecule has 0 aromatic carbocycles. The third-order valence-corrected chi connectivity index (χ3v) is 3.97. The van der Waals surface area contributed by atoms with Gasteiger partial charge in [-0.1, -0.05) is 0 Å². The zero-order valence-electron chi connectivity index (χ0n) is 9.07. The Morgan fingerprint density at radius 2 is 2.60 bits per heavy atom. The first-order valence-corrected chi connectivity index (χ1v) is 6.37. The second-order valence-corrected chi connectivity index (χ2v) is 5.52. The fourth-order valence-electron chi connectivity index (χ4n) is 2.21. The van der Waals surface area contributed by atoms with Crippen molar-refractivity contribution in [3.63, 3.8) is 0 Å². The lowest BCUT2D eigenvalue weighted by Gasteiger charge is -2.35. The number of hydrogen-bond acceptors (Lipinski definition) is 4. The summed E-state index contributed by atoms with van der Waals surface area (Å²) in [6, 6.07) is 0. The Balaban J connectivity index is 1.98. The molecule has 0 saturated carbocycles. The van der Waals surface area contributed by atoms with Gasteiger partial charge in [0.15, 0.2) is 0 Å². The van der Waals surface area contributed by atoms with Crippen molar-refractivity contribution in [2.45, 2.75) is 31.8 Å². The van der Waals surface area contributed by atoms with Crippen LogP contribution >= 0.6 is 11.3 Å². The Labute approximate surface area is 94.5 Å². The molecule has 3 nitrogen and oxygen atoms in total. The minimum Gasteiger partial charge on any atom is -0.389 e. The Bertz CT molecular complexity index is 292. The highest BCUT2D eigenvalue weighted by atomic mass is 32.1. The van der Waals surface area contributed by atoms with Gasteiger partial charge in [0.25, 0.3) is 0 Å². The maximum Gasteiger partial charge on any atom is 0.0794 e. The van der Waals surface area contributed by atoms with Crippen LogP contribution in [0.1, 0.15) is 24.6 Å². The molecule has 0 radical (unpaired) electrons. The van der Waals surface area contributed by atoms with Crippen molar-refractivity contribution in [2.75, 3.05) is 13.1 Å². The van der Waals surface area contributed by atoms with Crippen molar-refractivity contribution in [1.82, 2.24) is 10.3 Å². The van der Waals surface area contributed by atoms with Crippen LogP contribution < -0.4 is 5.32 Å². The van der Waals surface area contributed by atoms with E-state index in [1.54, 1.807) is 11.3 Å². The molecule has 84 valence electrons. The Morgan fingerprint density at radius 1 is 1.73 bits per heavy atom. The highest BCUT2D eigenvalue weighted by molar-refractivity contribution is 7.09. The van der Waals surface area contributed by atoms with Crippen LogP contribution in [-0.2, 0) is 6.42 Å². The van der Waals surface area contributed by atoms with E-state index in [0.717, 1.165) is 25.9 Å². The largest absolute Gasteiger partial charge is 0.389 e. The molecule has 15 heavy (non-hydrogen) atoms. The number of piperidine rings is 1. The Kier molecular flexibility index (Phi) is 3.38. The van der Waals surface area contributed by atoms with E-state index in [1.807, 2.05) is 18.6 Å². The summed E-state index contributed by atoms with van der Waals surface area (Å²) in [5.41, 5.74) is 1.23. The second-order valence-electron chi connectivity index (χ2n) is 4.54. The predicted molar refractivity (Wildman–Crippen MR) is 62.0 cm³/mol. The van der Waals surface area contributed by atoms with Gasteiger partial charge >= 0.3 is 0 Å². The van der Waals surface area contributed by atoms with Gasteiger partial charge in [0.2, 0.25) is 0 Å². The molecular formula is C11H18N2OS. The summed E-state index contributed by atoms with van der Waals surface area (Å²) in [7, 11) is 0. The SMILES string of the molecule is CC(O)(Cc1cncs1)C1CCCNC1. The molecular weight excluding hydrogens is 208 g/mol. The average Bonchev–Trinajstić information content (AvgIpc) is 2.71. The second kappa shape index (κ2) is 4.60. The monoisotopic (exact) mass is 226 g/mol. The van der Waals surface area contributed by atoms with Gasteiger partial charge in [0, 0.05) is 30.0 Å². The van der Waals surface area contributed by atoms with Gasteiger partial charge in [-0.3, -0.25) is 4.98 Å². The average molecular weight is 226 g/mol. The van der Waals surface area contributed by atoms with Crippen LogP contribution in [-0.4, -0.2) is 28.8 Å². The molecule has 0 bridgehead atoms. The molecule has 2 atom stereocenters. The van der Waals surface area contributed by atoms with Crippen LogP contribution in [0.15, 0.2) is 11.7 Å². The number of rotatable bonds is 3. The van der Waals surface area contributed by atoms with Gasteiger partial charge in [-0.25, -0.2) is 0 Å². The normalized spacial score (nSPS) is 26.1. The van der Waals surface area contributed by atoms with Gasteiger partial charge in [-0.2, -0.15) is 0 Å². The summed E-state index contributed by atoms with van der Waals surface area (Å²) in [5, 5.41) is 13.8. The lowest BCUT2D eigenvalue weighted by atomic mass is 9.81. The van der Waals surface area contributed by atoms with E-state index in [0.29, 0.717) is 5.92 Å². The summed E-state index contributed by atoms with van der Waals surface area (Å²) >= 11 is 1.62. The molecule has 2 heterocycles. The van der Waals surface area contributed by atoms with E-state index in [-0.39, 0.29) is 0 Å². The minimum atomic E-state index is -0.597. The molecule has 1 aromatic heterocycles. The van der Waals surface area contributed by atoms with Crippen LogP contribution in [0.25, 0.3) is 0 Å². The van der Waals surface area contributed by atoms with Crippen LogP contribution in [0.3, 0.4) is 0 Å². The summed E-state index contributed by atoms with van der Waals surface area (Å²) in [4.78, 5) is 5.22. The summed E-state index contributed by atoms with van der Waals surface area (Å²) in [6.07, 6.45) is 4.88. The van der Waals surface area contributed by atoms with E-state index in [2.05, 4.69) is 10.3 Å². The summed E-state index contributed by atoms with van der Waals surface area (Å²) < 4.78 is 0. The zero-order chi connectivity index (χ0) is 10.7. The summed E-state index contributed by atoms with van der Waals surface area (Å²) in [5.74, 6) is 0.369. The van der Waals surface area contributed by atoms with Crippen LogP contribution in [0.5, 0.6) is 0 Å². The molecule has 2 N–H and O–H groups in total. The van der Waals surface area contributed by atoms with Crippen molar-refractivity contribution in [3.05, 3.63) is 16.6 Å². The van der Waals surface area contributed by atoms with Gasteiger partial charge in [-0.05, 0) is 26.3 Å². The number of nitrogens with one attached hydrogen (secondary N) is 1. The first kappa shape index (κ1) is 11.0. The zero-order valence-corrected chi connectivity index (χ0v) is 9.89. The Morgan fingerprint density at radius 3 is 3.20 bits per heavy atom. The highest BCUT2D eigenvalue weighted by Gasteiger charge is 2.33. The van der Waals surface area contributed by atoms with Crippen molar-refractivity contribution in [3.8, 4) is 0 Å². The molecule has 2 unspecified atom stereocenters. The fraction of sp³-hybridized carbons (Fsp3) is 0.727. The molecule has 1 aliphatic heterocycles. The number of thiazole rings is 1. The van der Waals surface area contributed by atoms with E-state index < -0.39 is 5.60 Å². The van der Waals surface area contributed by atoms with Crippen LogP contribution in [0, 0.1) is 5.92 Å². The fourth-order valence-corrected chi connectivity index (χ4v) is 2.96. The molecule has 2 rings (SSSR count). The number of nitrogens with zero attached hydrogens (tertiary/aromatic N) is 1. The molecule has 1 saturated heterocycles. The van der Waals surface area contributed by atoms with Crippen LogP contribution in [0.2, 0.25) is 0 Å². The Hall–Kier alpha value is -0.450. The first-order valence-electron chi connectivity index (χ1n) is 5.49. The minimum absolute atomic E-state index is 0.369. The van der Waals surface area contributed by atoms with Crippen molar-refractivity contribution < 1.29 is 5.11 Å². The van der Waals surface area contributed by atoms with Gasteiger partial charge in [0.05, 0.1) is 11.1 Å². The molecule has 1 aliphatic rings. The topological polar surface area (TPSA) is 45.2 Å². The van der Waals surface area contributed by atoms with Gasteiger partial charge < -0.3 is 10.4 Å². The molecule has 1 aromatic rings. The third kappa shape index (κ3) is 2.77. The van der Waals surface area contributed by atoms with Crippen molar-refractivity contribution >= 4 is 11.3 Å². The van der Waals surface area contributed by atoms with E-state index in [1.165, 1.54) is 11.3 Å². The summed E-state index contributed by atoms with van der Waals surface area (Å²) in [6.45, 7) is 3.98. The van der Waals surface area contributed by atoms with Gasteiger partial charge in [0.1, 0.15) is 0 Å². The quantitative estimate of drug-likeness (QED) is 0.819. The lowest BCUT2D eigenvalue weighted by molar-refractivity contribution is -0.00957. The van der Waals surface area contributed by atoms with E-state index in [4.69, 9.17) is 0 Å². The van der Waals surface area contributed by atoms with Crippen molar-refractivity contribution in [1.29, 1.82) is 0 Å². The van der Waals surface area contributed by atoms with Gasteiger partial charge in [-0.15, -0.1) is 11.3 Å². The molecule has 4 heteroatoms. The third-order valence-electron chi connectivity index (χ3n) is 3.19. The van der Waals surface area contributed by atoms with E-state index >= 15 is 0 Å². The number of aromatic nitrogens is 1. The predicted octanol–water partition coefficient (Wildman–Crippen LogP) is 1.44. The van der Waals surface area contributed by atoms with Crippen LogP contribution in [0.4, 0.5) is 0 Å². The highest BCUT2D eigenvalue weighted by Crippen LogP contribution is 2.28. The maximum atomic E-state index is 10.4.